The van der Waals surface area contributed by atoms with Crippen molar-refractivity contribution in [2.75, 3.05) is 18.5 Å². The maximum absolute atomic E-state index is 13.2. The highest BCUT2D eigenvalue weighted by atomic mass is 16.5. The summed E-state index contributed by atoms with van der Waals surface area (Å²) in [6.07, 6.45) is 9.06. The number of ether oxygens (including phenoxy) is 1. The summed E-state index contributed by atoms with van der Waals surface area (Å²) in [4.78, 5) is 30.3. The van der Waals surface area contributed by atoms with E-state index in [-0.39, 0.29) is 17.9 Å². The number of amides is 2. The minimum Gasteiger partial charge on any atom is -0.381 e. The highest BCUT2D eigenvalue weighted by molar-refractivity contribution is 6.04. The molecular formula is C29H32N6O3. The molecule has 0 radical (unpaired) electrons. The van der Waals surface area contributed by atoms with Gasteiger partial charge in [-0.1, -0.05) is 30.3 Å². The lowest BCUT2D eigenvalue weighted by Gasteiger charge is -2.23. The van der Waals surface area contributed by atoms with Gasteiger partial charge in [-0.25, -0.2) is 4.98 Å². The number of aryl methyl sites for hydroxylation is 2. The van der Waals surface area contributed by atoms with E-state index in [1.54, 1.807) is 16.9 Å². The Balaban J connectivity index is 1.28. The van der Waals surface area contributed by atoms with E-state index in [1.807, 2.05) is 72.5 Å². The van der Waals surface area contributed by atoms with E-state index in [9.17, 15) is 9.59 Å². The van der Waals surface area contributed by atoms with Crippen LogP contribution in [0, 0.1) is 0 Å². The van der Waals surface area contributed by atoms with Gasteiger partial charge in [0.1, 0.15) is 0 Å². The molecule has 4 aromatic rings. The Morgan fingerprint density at radius 1 is 1.03 bits per heavy atom. The summed E-state index contributed by atoms with van der Waals surface area (Å²) in [7, 11) is 1.86. The third-order valence-electron chi connectivity index (χ3n) is 6.60. The number of carbonyl (C=O) groups excluding carboxylic acids is 2. The van der Waals surface area contributed by atoms with E-state index >= 15 is 0 Å². The molecule has 1 aliphatic rings. The second-order valence-corrected chi connectivity index (χ2v) is 9.51. The zero-order valence-electron chi connectivity index (χ0n) is 21.5. The Kier molecular flexibility index (Phi) is 7.94. The normalized spacial score (nSPS) is 13.8. The lowest BCUT2D eigenvalue weighted by Crippen LogP contribution is -2.38. The highest BCUT2D eigenvalue weighted by Gasteiger charge is 2.17. The third-order valence-corrected chi connectivity index (χ3v) is 6.60. The summed E-state index contributed by atoms with van der Waals surface area (Å²) >= 11 is 0. The Hall–Kier alpha value is -4.24. The number of aromatic nitrogens is 4. The molecule has 0 aliphatic carbocycles. The van der Waals surface area contributed by atoms with Crippen LogP contribution >= 0.6 is 0 Å². The van der Waals surface area contributed by atoms with Crippen molar-refractivity contribution >= 4 is 17.8 Å². The van der Waals surface area contributed by atoms with Crippen LogP contribution in [0.2, 0.25) is 0 Å². The molecule has 0 bridgehead atoms. The summed E-state index contributed by atoms with van der Waals surface area (Å²) in [5.74, 6) is 0.247. The fraction of sp³-hybridized carbons (Fsp3) is 0.310. The number of para-hydroxylation sites is 1. The number of hydrogen-bond donors (Lipinski definition) is 2. The van der Waals surface area contributed by atoms with Crippen molar-refractivity contribution in [1.29, 1.82) is 0 Å². The van der Waals surface area contributed by atoms with E-state index in [0.717, 1.165) is 35.3 Å². The van der Waals surface area contributed by atoms with Gasteiger partial charge >= 0.3 is 0 Å². The molecule has 5 rings (SSSR count). The first kappa shape index (κ1) is 25.4. The standard InChI is InChI=1S/C29H32N6O3/c1-34-19-23(18-30-34)21-7-5-8-22(17-21)28(37)33-29-32-25(20-35(29)26-10-3-2-4-11-26)9-6-12-27(36)31-24-13-15-38-16-14-24/h2-5,7-8,10-11,17-20,24H,6,9,12-16H2,1H3,(H,31,36)(H,32,33,37). The molecule has 3 heterocycles. The van der Waals surface area contributed by atoms with Crippen molar-refractivity contribution in [2.45, 2.75) is 38.1 Å². The molecule has 2 amide bonds. The molecule has 9 heteroatoms. The lowest BCUT2D eigenvalue weighted by molar-refractivity contribution is -0.122. The second kappa shape index (κ2) is 11.9. The first-order chi connectivity index (χ1) is 18.5. The summed E-state index contributed by atoms with van der Waals surface area (Å²) < 4.78 is 8.96. The molecule has 0 unspecified atom stereocenters. The van der Waals surface area contributed by atoms with Crippen molar-refractivity contribution in [3.8, 4) is 16.8 Å². The van der Waals surface area contributed by atoms with Gasteiger partial charge in [0.05, 0.1) is 11.9 Å². The average molecular weight is 513 g/mol. The molecule has 2 N–H and O–H groups in total. The molecule has 1 aliphatic heterocycles. The molecular weight excluding hydrogens is 480 g/mol. The quantitative estimate of drug-likeness (QED) is 0.351. The summed E-state index contributed by atoms with van der Waals surface area (Å²) in [6, 6.07) is 17.4. The Morgan fingerprint density at radius 2 is 1.84 bits per heavy atom. The van der Waals surface area contributed by atoms with E-state index in [1.165, 1.54) is 0 Å². The molecule has 0 spiro atoms. The van der Waals surface area contributed by atoms with Crippen molar-refractivity contribution in [3.05, 3.63) is 84.4 Å². The number of hydrogen-bond acceptors (Lipinski definition) is 5. The van der Waals surface area contributed by atoms with Gasteiger partial charge in [-0.2, -0.15) is 5.10 Å². The SMILES string of the molecule is Cn1cc(-c2cccc(C(=O)Nc3nc(CCCC(=O)NC4CCOCC4)cn3-c3ccccc3)c2)cn1. The largest absolute Gasteiger partial charge is 0.381 e. The highest BCUT2D eigenvalue weighted by Crippen LogP contribution is 2.22. The van der Waals surface area contributed by atoms with E-state index in [4.69, 9.17) is 9.72 Å². The Morgan fingerprint density at radius 3 is 2.61 bits per heavy atom. The molecule has 196 valence electrons. The second-order valence-electron chi connectivity index (χ2n) is 9.51. The molecule has 2 aromatic carbocycles. The van der Waals surface area contributed by atoms with Crippen molar-refractivity contribution in [2.24, 2.45) is 7.05 Å². The van der Waals surface area contributed by atoms with Crippen LogP contribution in [0.3, 0.4) is 0 Å². The van der Waals surface area contributed by atoms with E-state index in [0.29, 0.717) is 44.0 Å². The van der Waals surface area contributed by atoms with E-state index < -0.39 is 0 Å². The monoisotopic (exact) mass is 512 g/mol. The van der Waals surface area contributed by atoms with E-state index in [2.05, 4.69) is 15.7 Å². The fourth-order valence-electron chi connectivity index (χ4n) is 4.58. The van der Waals surface area contributed by atoms with Crippen LogP contribution in [0.4, 0.5) is 5.95 Å². The van der Waals surface area contributed by atoms with Gasteiger partial charge in [0, 0.05) is 61.9 Å². The van der Waals surface area contributed by atoms with Gasteiger partial charge in [0.2, 0.25) is 11.9 Å². The van der Waals surface area contributed by atoms with Crippen LogP contribution in [0.25, 0.3) is 16.8 Å². The Bertz CT molecular complexity index is 1390. The van der Waals surface area contributed by atoms with Crippen molar-refractivity contribution < 1.29 is 14.3 Å². The maximum atomic E-state index is 13.2. The lowest BCUT2D eigenvalue weighted by atomic mass is 10.1. The maximum Gasteiger partial charge on any atom is 0.258 e. The van der Waals surface area contributed by atoms with Crippen LogP contribution in [0.5, 0.6) is 0 Å². The van der Waals surface area contributed by atoms with Gasteiger partial charge in [-0.15, -0.1) is 0 Å². The average Bonchev–Trinajstić information content (AvgIpc) is 3.56. The van der Waals surface area contributed by atoms with Crippen LogP contribution in [-0.2, 0) is 23.0 Å². The van der Waals surface area contributed by atoms with Crippen LogP contribution in [0.1, 0.15) is 41.7 Å². The van der Waals surface area contributed by atoms with Gasteiger partial charge in [0.25, 0.3) is 5.91 Å². The molecule has 1 fully saturated rings. The van der Waals surface area contributed by atoms with Gasteiger partial charge in [-0.05, 0) is 55.5 Å². The predicted octanol–water partition coefficient (Wildman–Crippen LogP) is 4.14. The number of benzene rings is 2. The minimum atomic E-state index is -0.249. The number of nitrogens with one attached hydrogen (secondary N) is 2. The van der Waals surface area contributed by atoms with Crippen molar-refractivity contribution in [3.63, 3.8) is 0 Å². The van der Waals surface area contributed by atoms with Gasteiger partial charge in [-0.3, -0.25) is 24.2 Å². The summed E-state index contributed by atoms with van der Waals surface area (Å²) in [5.41, 5.74) is 4.09. The molecule has 0 atom stereocenters. The zero-order chi connectivity index (χ0) is 26.3. The first-order valence-corrected chi connectivity index (χ1v) is 13.0. The van der Waals surface area contributed by atoms with Crippen LogP contribution in [-0.4, -0.2) is 50.4 Å². The van der Waals surface area contributed by atoms with Gasteiger partial charge < -0.3 is 10.1 Å². The smallest absolute Gasteiger partial charge is 0.258 e. The van der Waals surface area contributed by atoms with Gasteiger partial charge in [0.15, 0.2) is 0 Å². The molecule has 2 aromatic heterocycles. The number of rotatable bonds is 9. The summed E-state index contributed by atoms with van der Waals surface area (Å²) in [6.45, 7) is 1.40. The zero-order valence-corrected chi connectivity index (χ0v) is 21.5. The number of imidazole rings is 1. The fourth-order valence-corrected chi connectivity index (χ4v) is 4.58. The number of anilines is 1. The summed E-state index contributed by atoms with van der Waals surface area (Å²) in [5, 5.41) is 10.3. The van der Waals surface area contributed by atoms with Crippen molar-refractivity contribution in [1.82, 2.24) is 24.6 Å². The number of nitrogens with zero attached hydrogens (tertiary/aromatic N) is 4. The molecule has 38 heavy (non-hydrogen) atoms. The Labute approximate surface area is 221 Å². The minimum absolute atomic E-state index is 0.0569. The van der Waals surface area contributed by atoms with Crippen LogP contribution < -0.4 is 10.6 Å². The van der Waals surface area contributed by atoms with Crippen LogP contribution in [0.15, 0.2) is 73.2 Å². The predicted molar refractivity (Wildman–Crippen MR) is 145 cm³/mol. The number of carbonyl (C=O) groups is 2. The topological polar surface area (TPSA) is 103 Å². The third kappa shape index (κ3) is 6.36. The molecule has 9 nitrogen and oxygen atoms in total. The first-order valence-electron chi connectivity index (χ1n) is 13.0. The molecule has 1 saturated heterocycles. The molecule has 0 saturated carbocycles.